The molecule has 12 heteroatoms. The molecule has 1 N–H and O–H groups in total. The third kappa shape index (κ3) is 7.44. The van der Waals surface area contributed by atoms with E-state index in [1.54, 1.807) is 53.7 Å². The monoisotopic (exact) mass is 698 g/mol. The van der Waals surface area contributed by atoms with Crippen molar-refractivity contribution in [2.24, 2.45) is 5.92 Å². The summed E-state index contributed by atoms with van der Waals surface area (Å²) in [7, 11) is -3.85. The lowest BCUT2D eigenvalue weighted by Gasteiger charge is -2.38. The molecule has 1 amide bonds. The highest BCUT2D eigenvalue weighted by molar-refractivity contribution is 7.90. The number of piperazine rings is 1. The average molecular weight is 699 g/mol. The van der Waals surface area contributed by atoms with E-state index in [-0.39, 0.29) is 23.6 Å². The SMILES string of the molecule is O=C(OCc1ccccc1)N1CCN(C[C@@H]2CCC[C@H](Nc3ncc(Cl)c(-c4cn(S(=O)(=O)c5ccccc5)c5ccccc45)n3)C2)CC1. The first-order valence-corrected chi connectivity index (χ1v) is 18.5. The summed E-state index contributed by atoms with van der Waals surface area (Å²) in [5, 5.41) is 4.63. The number of carbonyl (C=O) groups is 1. The number of amides is 1. The second kappa shape index (κ2) is 14.6. The Bertz CT molecular complexity index is 2020. The van der Waals surface area contributed by atoms with Gasteiger partial charge in [-0.25, -0.2) is 27.2 Å². The van der Waals surface area contributed by atoms with Crippen molar-refractivity contribution in [1.82, 2.24) is 23.7 Å². The summed E-state index contributed by atoms with van der Waals surface area (Å²) in [6, 6.07) is 25.7. The van der Waals surface area contributed by atoms with Gasteiger partial charge >= 0.3 is 6.09 Å². The molecular formula is C37H39ClN6O4S. The fourth-order valence-electron chi connectivity index (χ4n) is 6.93. The highest BCUT2D eigenvalue weighted by Crippen LogP contribution is 2.36. The van der Waals surface area contributed by atoms with Crippen LogP contribution < -0.4 is 5.32 Å². The lowest BCUT2D eigenvalue weighted by atomic mass is 9.85. The normalized spacial score (nSPS) is 18.8. The summed E-state index contributed by atoms with van der Waals surface area (Å²) in [5.74, 6) is 0.978. The van der Waals surface area contributed by atoms with Gasteiger partial charge in [-0.3, -0.25) is 4.90 Å². The van der Waals surface area contributed by atoms with E-state index in [2.05, 4.69) is 15.2 Å². The van der Waals surface area contributed by atoms with Crippen molar-refractivity contribution in [2.45, 2.75) is 43.2 Å². The largest absolute Gasteiger partial charge is 0.445 e. The van der Waals surface area contributed by atoms with Crippen LogP contribution in [0.4, 0.5) is 10.7 Å². The fourth-order valence-corrected chi connectivity index (χ4v) is 8.51. The Morgan fingerprint density at radius 1 is 0.918 bits per heavy atom. The minimum atomic E-state index is -3.85. The summed E-state index contributed by atoms with van der Waals surface area (Å²) >= 11 is 6.67. The van der Waals surface area contributed by atoms with Gasteiger partial charge in [0.25, 0.3) is 10.0 Å². The van der Waals surface area contributed by atoms with Crippen molar-refractivity contribution >= 4 is 44.6 Å². The van der Waals surface area contributed by atoms with E-state index in [1.165, 1.54) is 3.97 Å². The average Bonchev–Trinajstić information content (AvgIpc) is 3.53. The van der Waals surface area contributed by atoms with Gasteiger partial charge in [0.1, 0.15) is 6.61 Å². The predicted octanol–water partition coefficient (Wildman–Crippen LogP) is 6.91. The highest BCUT2D eigenvalue weighted by Gasteiger charge is 2.28. The van der Waals surface area contributed by atoms with Crippen LogP contribution in [0.5, 0.6) is 0 Å². The Labute approximate surface area is 291 Å². The van der Waals surface area contributed by atoms with Gasteiger partial charge in [-0.2, -0.15) is 0 Å². The van der Waals surface area contributed by atoms with Crippen LogP contribution >= 0.6 is 11.6 Å². The molecule has 1 saturated carbocycles. The van der Waals surface area contributed by atoms with Gasteiger partial charge in [-0.1, -0.05) is 84.8 Å². The summed E-state index contributed by atoms with van der Waals surface area (Å²) in [4.78, 5) is 26.4. The third-order valence-electron chi connectivity index (χ3n) is 9.45. The van der Waals surface area contributed by atoms with Gasteiger partial charge in [0, 0.05) is 55.9 Å². The predicted molar refractivity (Wildman–Crippen MR) is 191 cm³/mol. The maximum atomic E-state index is 13.7. The number of rotatable bonds is 9. The van der Waals surface area contributed by atoms with E-state index in [4.69, 9.17) is 21.3 Å². The molecule has 3 heterocycles. The molecule has 1 saturated heterocycles. The molecular weight excluding hydrogens is 660 g/mol. The molecule has 2 atom stereocenters. The molecule has 49 heavy (non-hydrogen) atoms. The lowest BCUT2D eigenvalue weighted by Crippen LogP contribution is -2.50. The molecule has 3 aromatic carbocycles. The van der Waals surface area contributed by atoms with E-state index in [0.29, 0.717) is 46.8 Å². The number of para-hydroxylation sites is 1. The molecule has 0 spiro atoms. The number of anilines is 1. The number of fused-ring (bicyclic) bond motifs is 1. The summed E-state index contributed by atoms with van der Waals surface area (Å²) in [6.07, 6.45) is 7.16. The van der Waals surface area contributed by atoms with Crippen LogP contribution in [-0.4, -0.2) is 77.0 Å². The van der Waals surface area contributed by atoms with Gasteiger partial charge in [0.2, 0.25) is 5.95 Å². The standard InChI is InChI=1S/C37H39ClN6O4S/c38-33-23-39-36(41-35(33)32-25-44(34-17-8-7-16-31(32)34)49(46,47)30-14-5-2-6-15-30)40-29-13-9-12-28(22-29)24-42-18-20-43(21-19-42)37(45)48-26-27-10-3-1-4-11-27/h1-8,10-11,14-17,23,25,28-29H,9,12-13,18-22,24,26H2,(H,39,40,41)/t28-,29+/m1/s1. The van der Waals surface area contributed by atoms with Gasteiger partial charge in [-0.15, -0.1) is 0 Å². The number of halogens is 1. The lowest BCUT2D eigenvalue weighted by molar-refractivity contribution is 0.0656. The van der Waals surface area contributed by atoms with Crippen LogP contribution in [0.3, 0.4) is 0 Å². The van der Waals surface area contributed by atoms with E-state index in [0.717, 1.165) is 56.3 Å². The number of aromatic nitrogens is 3. The first-order valence-electron chi connectivity index (χ1n) is 16.7. The molecule has 2 aliphatic rings. The molecule has 1 aliphatic carbocycles. The zero-order chi connectivity index (χ0) is 33.8. The number of hydrogen-bond donors (Lipinski definition) is 1. The van der Waals surface area contributed by atoms with Crippen molar-refractivity contribution in [1.29, 1.82) is 0 Å². The molecule has 2 aromatic heterocycles. The molecule has 5 aromatic rings. The smallest absolute Gasteiger partial charge is 0.410 e. The number of benzene rings is 3. The molecule has 7 rings (SSSR count). The van der Waals surface area contributed by atoms with Crippen molar-refractivity contribution in [2.75, 3.05) is 38.0 Å². The Morgan fingerprint density at radius 2 is 1.63 bits per heavy atom. The molecule has 0 unspecified atom stereocenters. The Balaban J connectivity index is 0.992. The second-order valence-corrected chi connectivity index (χ2v) is 15.0. The second-order valence-electron chi connectivity index (χ2n) is 12.8. The number of carbonyl (C=O) groups excluding carboxylic acids is 1. The van der Waals surface area contributed by atoms with Crippen molar-refractivity contribution < 1.29 is 17.9 Å². The fraction of sp³-hybridized carbons (Fsp3) is 0.324. The van der Waals surface area contributed by atoms with Crippen molar-refractivity contribution in [3.63, 3.8) is 0 Å². The van der Waals surface area contributed by atoms with Crippen molar-refractivity contribution in [3.05, 3.63) is 108 Å². The minimum Gasteiger partial charge on any atom is -0.445 e. The first-order chi connectivity index (χ1) is 23.8. The molecule has 0 radical (unpaired) electrons. The van der Waals surface area contributed by atoms with E-state index >= 15 is 0 Å². The van der Waals surface area contributed by atoms with Gasteiger partial charge < -0.3 is 15.0 Å². The molecule has 0 bridgehead atoms. The Hall–Kier alpha value is -4.45. The van der Waals surface area contributed by atoms with E-state index in [9.17, 15) is 13.2 Å². The summed E-state index contributed by atoms with van der Waals surface area (Å²) < 4.78 is 34.2. The number of nitrogens with zero attached hydrogens (tertiary/aromatic N) is 5. The molecule has 1 aliphatic heterocycles. The molecule has 2 fully saturated rings. The summed E-state index contributed by atoms with van der Waals surface area (Å²) in [5.41, 5.74) is 2.63. The van der Waals surface area contributed by atoms with Crippen molar-refractivity contribution in [3.8, 4) is 11.3 Å². The molecule has 10 nitrogen and oxygen atoms in total. The van der Waals surface area contributed by atoms with Crippen LogP contribution in [0.2, 0.25) is 5.02 Å². The summed E-state index contributed by atoms with van der Waals surface area (Å²) in [6.45, 7) is 4.24. The van der Waals surface area contributed by atoms with Crippen LogP contribution in [0.1, 0.15) is 31.2 Å². The molecule has 254 valence electrons. The van der Waals surface area contributed by atoms with Gasteiger partial charge in [-0.05, 0) is 48.9 Å². The minimum absolute atomic E-state index is 0.196. The maximum Gasteiger partial charge on any atom is 0.410 e. The van der Waals surface area contributed by atoms with Crippen LogP contribution in [0.25, 0.3) is 22.2 Å². The quantitative estimate of drug-likeness (QED) is 0.177. The number of ether oxygens (including phenoxy) is 1. The Kier molecular flexibility index (Phi) is 9.84. The van der Waals surface area contributed by atoms with Gasteiger partial charge in [0.15, 0.2) is 0 Å². The van der Waals surface area contributed by atoms with E-state index < -0.39 is 10.0 Å². The Morgan fingerprint density at radius 3 is 2.41 bits per heavy atom. The van der Waals surface area contributed by atoms with E-state index in [1.807, 2.05) is 48.5 Å². The first kappa shape index (κ1) is 33.1. The van der Waals surface area contributed by atoms with Crippen LogP contribution in [0.15, 0.2) is 102 Å². The number of hydrogen-bond acceptors (Lipinski definition) is 8. The third-order valence-corrected chi connectivity index (χ3v) is 11.4. The van der Waals surface area contributed by atoms with Crippen LogP contribution in [0, 0.1) is 5.92 Å². The maximum absolute atomic E-state index is 13.7. The zero-order valence-electron chi connectivity index (χ0n) is 27.1. The van der Waals surface area contributed by atoms with Crippen LogP contribution in [-0.2, 0) is 21.4 Å². The number of nitrogens with one attached hydrogen (secondary N) is 1. The van der Waals surface area contributed by atoms with Gasteiger partial charge in [0.05, 0.1) is 27.3 Å². The zero-order valence-corrected chi connectivity index (χ0v) is 28.7. The highest BCUT2D eigenvalue weighted by atomic mass is 35.5. The topological polar surface area (TPSA) is 110 Å².